The van der Waals surface area contributed by atoms with E-state index in [0.717, 1.165) is 23.7 Å². The van der Waals surface area contributed by atoms with Gasteiger partial charge in [-0.25, -0.2) is 4.98 Å². The number of aromatic nitrogens is 3. The molecule has 5 nitrogen and oxygen atoms in total. The second-order valence-corrected chi connectivity index (χ2v) is 7.59. The number of anilines is 1. The fraction of sp³-hybridized carbons (Fsp3) is 0.389. The van der Waals surface area contributed by atoms with Gasteiger partial charge in [0, 0.05) is 23.7 Å². The third-order valence-corrected chi connectivity index (χ3v) is 6.12. The molecule has 24 heavy (non-hydrogen) atoms. The minimum absolute atomic E-state index is 0.0975. The fourth-order valence-electron chi connectivity index (χ4n) is 4.00. The van der Waals surface area contributed by atoms with Crippen LogP contribution in [0.1, 0.15) is 36.1 Å². The summed E-state index contributed by atoms with van der Waals surface area (Å²) in [5, 5.41) is 8.79. The van der Waals surface area contributed by atoms with E-state index in [4.69, 9.17) is 0 Å². The van der Waals surface area contributed by atoms with Crippen LogP contribution in [-0.4, -0.2) is 20.6 Å². The maximum atomic E-state index is 12.1. The maximum absolute atomic E-state index is 12.1. The number of fused-ring (bicyclic) bond motifs is 4. The Labute approximate surface area is 143 Å². The Morgan fingerprint density at radius 1 is 1.38 bits per heavy atom. The van der Waals surface area contributed by atoms with Crippen LogP contribution >= 0.6 is 11.3 Å². The summed E-state index contributed by atoms with van der Waals surface area (Å²) in [6.45, 7) is 2.00. The molecule has 1 fully saturated rings. The van der Waals surface area contributed by atoms with Crippen molar-refractivity contribution in [3.8, 4) is 0 Å². The standard InChI is InChI=1S/C18H18N4OS/c1-2-11-9-14(23)22-18(19-11)24-17(21-22)20-16-13-8-7-10-5-3-4-6-12(10)15(13)16/h3-6,9,13,15-16H,2,7-8H2,1H3,(H,20,21). The lowest BCUT2D eigenvalue weighted by Gasteiger charge is -2.13. The summed E-state index contributed by atoms with van der Waals surface area (Å²) >= 11 is 1.47. The molecule has 0 spiro atoms. The Hall–Kier alpha value is -2.21. The van der Waals surface area contributed by atoms with Gasteiger partial charge in [0.1, 0.15) is 0 Å². The number of nitrogens with zero attached hydrogens (tertiary/aromatic N) is 3. The van der Waals surface area contributed by atoms with Crippen molar-refractivity contribution < 1.29 is 0 Å². The van der Waals surface area contributed by atoms with Crippen molar-refractivity contribution in [3.05, 3.63) is 57.5 Å². The van der Waals surface area contributed by atoms with Crippen molar-refractivity contribution in [1.29, 1.82) is 0 Å². The molecule has 2 aliphatic rings. The molecule has 0 amide bonds. The third kappa shape index (κ3) is 2.09. The summed E-state index contributed by atoms with van der Waals surface area (Å²) in [4.78, 5) is 17.3. The predicted octanol–water partition coefficient (Wildman–Crippen LogP) is 2.85. The number of rotatable bonds is 3. The Bertz CT molecular complexity index is 992. The van der Waals surface area contributed by atoms with Crippen molar-refractivity contribution in [2.45, 2.75) is 38.1 Å². The van der Waals surface area contributed by atoms with Gasteiger partial charge >= 0.3 is 0 Å². The summed E-state index contributed by atoms with van der Waals surface area (Å²) in [5.74, 6) is 1.26. The van der Waals surface area contributed by atoms with Crippen molar-refractivity contribution >= 4 is 21.4 Å². The molecule has 3 aromatic rings. The van der Waals surface area contributed by atoms with Gasteiger partial charge in [0.2, 0.25) is 10.1 Å². The summed E-state index contributed by atoms with van der Waals surface area (Å²) in [5.41, 5.74) is 3.69. The fourth-order valence-corrected chi connectivity index (χ4v) is 4.87. The Morgan fingerprint density at radius 3 is 3.12 bits per heavy atom. The summed E-state index contributed by atoms with van der Waals surface area (Å²) in [6.07, 6.45) is 3.15. The molecule has 1 aromatic carbocycles. The lowest BCUT2D eigenvalue weighted by Crippen LogP contribution is -2.15. The second kappa shape index (κ2) is 5.14. The SMILES string of the molecule is CCc1cc(=O)n2nc(NC3C4CCc5ccccc5C43)sc2n1. The zero-order chi connectivity index (χ0) is 16.3. The van der Waals surface area contributed by atoms with E-state index >= 15 is 0 Å². The van der Waals surface area contributed by atoms with E-state index < -0.39 is 0 Å². The topological polar surface area (TPSA) is 59.3 Å². The highest BCUT2D eigenvalue weighted by molar-refractivity contribution is 7.20. The molecule has 122 valence electrons. The van der Waals surface area contributed by atoms with Gasteiger partial charge in [0.15, 0.2) is 0 Å². The van der Waals surface area contributed by atoms with Crippen LogP contribution in [0.3, 0.4) is 0 Å². The van der Waals surface area contributed by atoms with Crippen molar-refractivity contribution in [2.75, 3.05) is 5.32 Å². The van der Waals surface area contributed by atoms with Crippen LogP contribution in [0.5, 0.6) is 0 Å². The molecular weight excluding hydrogens is 320 g/mol. The van der Waals surface area contributed by atoms with E-state index in [1.807, 2.05) is 6.92 Å². The van der Waals surface area contributed by atoms with Crippen LogP contribution in [-0.2, 0) is 12.8 Å². The van der Waals surface area contributed by atoms with Gasteiger partial charge in [-0.2, -0.15) is 4.52 Å². The number of hydrogen-bond donors (Lipinski definition) is 1. The predicted molar refractivity (Wildman–Crippen MR) is 94.9 cm³/mol. The van der Waals surface area contributed by atoms with E-state index in [9.17, 15) is 4.79 Å². The van der Waals surface area contributed by atoms with Gasteiger partial charge in [-0.1, -0.05) is 42.5 Å². The Balaban J connectivity index is 1.45. The summed E-state index contributed by atoms with van der Waals surface area (Å²) in [6, 6.07) is 10.8. The normalized spacial score (nSPS) is 24.5. The second-order valence-electron chi connectivity index (χ2n) is 6.64. The van der Waals surface area contributed by atoms with Gasteiger partial charge in [0.25, 0.3) is 5.56 Å². The van der Waals surface area contributed by atoms with Crippen LogP contribution in [0, 0.1) is 5.92 Å². The lowest BCUT2D eigenvalue weighted by atomic mass is 9.92. The first-order chi connectivity index (χ1) is 11.7. The molecule has 6 heteroatoms. The van der Waals surface area contributed by atoms with Crippen LogP contribution < -0.4 is 10.9 Å². The molecule has 3 atom stereocenters. The molecule has 3 unspecified atom stereocenters. The zero-order valence-electron chi connectivity index (χ0n) is 13.4. The van der Waals surface area contributed by atoms with Crippen LogP contribution in [0.15, 0.2) is 35.1 Å². The van der Waals surface area contributed by atoms with Crippen LogP contribution in [0.4, 0.5) is 5.13 Å². The first-order valence-electron chi connectivity index (χ1n) is 8.48. The van der Waals surface area contributed by atoms with Gasteiger partial charge < -0.3 is 5.32 Å². The van der Waals surface area contributed by atoms with E-state index in [2.05, 4.69) is 39.7 Å². The first-order valence-corrected chi connectivity index (χ1v) is 9.30. The van der Waals surface area contributed by atoms with Crippen molar-refractivity contribution in [2.24, 2.45) is 5.92 Å². The average molecular weight is 338 g/mol. The van der Waals surface area contributed by atoms with E-state index in [1.54, 1.807) is 6.07 Å². The highest BCUT2D eigenvalue weighted by Crippen LogP contribution is 2.55. The van der Waals surface area contributed by atoms with E-state index in [-0.39, 0.29) is 5.56 Å². The summed E-state index contributed by atoms with van der Waals surface area (Å²) in [7, 11) is 0. The number of benzene rings is 1. The van der Waals surface area contributed by atoms with Gasteiger partial charge in [0.05, 0.1) is 0 Å². The average Bonchev–Trinajstić information content (AvgIpc) is 3.14. The largest absolute Gasteiger partial charge is 0.356 e. The highest BCUT2D eigenvalue weighted by Gasteiger charge is 2.53. The van der Waals surface area contributed by atoms with Crippen molar-refractivity contribution in [1.82, 2.24) is 14.6 Å². The monoisotopic (exact) mass is 338 g/mol. The van der Waals surface area contributed by atoms with E-state index in [0.29, 0.717) is 22.8 Å². The molecule has 2 heterocycles. The molecule has 0 radical (unpaired) electrons. The first kappa shape index (κ1) is 14.2. The van der Waals surface area contributed by atoms with Gasteiger partial charge in [-0.05, 0) is 36.3 Å². The maximum Gasteiger partial charge on any atom is 0.275 e. The lowest BCUT2D eigenvalue weighted by molar-refractivity contribution is 0.661. The van der Waals surface area contributed by atoms with Gasteiger partial charge in [-0.15, -0.1) is 5.10 Å². The minimum atomic E-state index is -0.0975. The number of nitrogens with one attached hydrogen (secondary N) is 1. The summed E-state index contributed by atoms with van der Waals surface area (Å²) < 4.78 is 1.41. The quantitative estimate of drug-likeness (QED) is 0.798. The van der Waals surface area contributed by atoms with Crippen molar-refractivity contribution in [3.63, 3.8) is 0 Å². The minimum Gasteiger partial charge on any atom is -0.356 e. The number of aryl methyl sites for hydroxylation is 2. The number of hydrogen-bond acceptors (Lipinski definition) is 5. The highest BCUT2D eigenvalue weighted by atomic mass is 32.1. The zero-order valence-corrected chi connectivity index (χ0v) is 14.2. The molecule has 5 rings (SSSR count). The molecule has 1 N–H and O–H groups in total. The Morgan fingerprint density at radius 2 is 2.25 bits per heavy atom. The molecular formula is C18H18N4OS. The molecule has 1 saturated carbocycles. The molecule has 0 aliphatic heterocycles. The van der Waals surface area contributed by atoms with Crippen LogP contribution in [0.25, 0.3) is 4.96 Å². The molecule has 2 aliphatic carbocycles. The van der Waals surface area contributed by atoms with E-state index in [1.165, 1.54) is 33.4 Å². The Kier molecular flexibility index (Phi) is 3.03. The molecule has 2 aromatic heterocycles. The molecule has 0 saturated heterocycles. The third-order valence-electron chi connectivity index (χ3n) is 5.28. The smallest absolute Gasteiger partial charge is 0.275 e. The van der Waals surface area contributed by atoms with Crippen LogP contribution in [0.2, 0.25) is 0 Å². The van der Waals surface area contributed by atoms with Gasteiger partial charge in [-0.3, -0.25) is 4.79 Å². The molecule has 0 bridgehead atoms.